The zero-order valence-electron chi connectivity index (χ0n) is 20.0. The molecule has 178 valence electrons. The second-order valence-electron chi connectivity index (χ2n) is 8.78. The van der Waals surface area contributed by atoms with E-state index < -0.39 is 12.0 Å². The lowest BCUT2D eigenvalue weighted by atomic mass is 9.90. The Hall–Kier alpha value is -3.32. The van der Waals surface area contributed by atoms with Crippen molar-refractivity contribution < 1.29 is 14.7 Å². The van der Waals surface area contributed by atoms with Crippen LogP contribution < -0.4 is 11.1 Å². The van der Waals surface area contributed by atoms with Gasteiger partial charge in [0.05, 0.1) is 0 Å². The summed E-state index contributed by atoms with van der Waals surface area (Å²) in [5.74, 6) is 0.533. The van der Waals surface area contributed by atoms with Gasteiger partial charge in [0, 0.05) is 39.7 Å². The van der Waals surface area contributed by atoms with Crippen molar-refractivity contribution in [3.8, 4) is 11.1 Å². The molecule has 6 nitrogen and oxygen atoms in total. The maximum atomic E-state index is 11.6. The van der Waals surface area contributed by atoms with Crippen LogP contribution in [0.25, 0.3) is 11.1 Å². The third kappa shape index (κ3) is 6.38. The van der Waals surface area contributed by atoms with Gasteiger partial charge in [-0.2, -0.15) is 0 Å². The first-order chi connectivity index (χ1) is 16.2. The summed E-state index contributed by atoms with van der Waals surface area (Å²) in [5.41, 5.74) is 12.9. The number of carboxylic acid groups (broad SMARTS) is 1. The van der Waals surface area contributed by atoms with Gasteiger partial charge < -0.3 is 16.2 Å². The number of nitrogens with zero attached hydrogens (tertiary/aromatic N) is 1. The third-order valence-corrected chi connectivity index (χ3v) is 6.57. The fourth-order valence-electron chi connectivity index (χ4n) is 3.89. The van der Waals surface area contributed by atoms with E-state index in [9.17, 15) is 14.7 Å². The number of pyridine rings is 1. The Morgan fingerprint density at radius 1 is 1.09 bits per heavy atom. The first-order valence-corrected chi connectivity index (χ1v) is 12.2. The van der Waals surface area contributed by atoms with Crippen molar-refractivity contribution in [2.45, 2.75) is 51.3 Å². The topological polar surface area (TPSA) is 105 Å². The van der Waals surface area contributed by atoms with Crippen molar-refractivity contribution in [1.82, 2.24) is 10.3 Å². The molecule has 0 radical (unpaired) electrons. The number of aryl methyl sites for hydroxylation is 2. The molecule has 3 rings (SSSR count). The minimum absolute atomic E-state index is 0.183. The molecule has 2 aromatic carbocycles. The van der Waals surface area contributed by atoms with E-state index in [1.807, 2.05) is 26.0 Å². The summed E-state index contributed by atoms with van der Waals surface area (Å²) in [6.45, 7) is 8.49. The van der Waals surface area contributed by atoms with Gasteiger partial charge in [-0.1, -0.05) is 49.7 Å². The summed E-state index contributed by atoms with van der Waals surface area (Å²) in [5, 5.41) is 11.9. The molecule has 7 heteroatoms. The number of amides is 2. The van der Waals surface area contributed by atoms with E-state index in [4.69, 9.17) is 10.7 Å². The van der Waals surface area contributed by atoms with Crippen LogP contribution in [0.15, 0.2) is 53.4 Å². The lowest BCUT2D eigenvalue weighted by Crippen LogP contribution is -2.23. The fourth-order valence-corrected chi connectivity index (χ4v) is 4.94. The standard InChI is InChI=1S/C27H31N3O3S/c1-16(2)12-24-22(14-29-27(32)33)25(19-10-8-17(3)9-11-19)23(18(4)30-24)15-34-21-7-5-6-20(13-21)26(28)31/h5-11,13,16,29H,12,14-15H2,1-4H3,(H2,28,31)(H,32,33). The van der Waals surface area contributed by atoms with E-state index in [1.54, 1.807) is 23.9 Å². The quantitative estimate of drug-likeness (QED) is 0.342. The van der Waals surface area contributed by atoms with E-state index in [1.165, 1.54) is 0 Å². The minimum atomic E-state index is -1.06. The highest BCUT2D eigenvalue weighted by molar-refractivity contribution is 7.98. The van der Waals surface area contributed by atoms with Gasteiger partial charge in [0.1, 0.15) is 0 Å². The van der Waals surface area contributed by atoms with Gasteiger partial charge in [-0.3, -0.25) is 9.78 Å². The second-order valence-corrected chi connectivity index (χ2v) is 9.83. The van der Waals surface area contributed by atoms with E-state index >= 15 is 0 Å². The van der Waals surface area contributed by atoms with Crippen molar-refractivity contribution in [2.75, 3.05) is 0 Å². The van der Waals surface area contributed by atoms with Crippen molar-refractivity contribution in [3.05, 3.63) is 82.2 Å². The first kappa shape index (κ1) is 25.3. The molecule has 1 heterocycles. The normalized spacial score (nSPS) is 11.0. The number of carbonyl (C=O) groups is 2. The molecule has 1 aromatic heterocycles. The summed E-state index contributed by atoms with van der Waals surface area (Å²) in [6.07, 6.45) is -0.310. The van der Waals surface area contributed by atoms with Crippen LogP contribution in [0.1, 0.15) is 52.3 Å². The maximum absolute atomic E-state index is 11.6. The van der Waals surface area contributed by atoms with Crippen molar-refractivity contribution >= 4 is 23.8 Å². The highest BCUT2D eigenvalue weighted by Gasteiger charge is 2.21. The van der Waals surface area contributed by atoms with Gasteiger partial charge in [-0.15, -0.1) is 11.8 Å². The molecule has 0 aliphatic heterocycles. The first-order valence-electron chi connectivity index (χ1n) is 11.2. The number of aromatic nitrogens is 1. The molecule has 3 aromatic rings. The smallest absolute Gasteiger partial charge is 0.404 e. The van der Waals surface area contributed by atoms with Gasteiger partial charge in [0.15, 0.2) is 0 Å². The summed E-state index contributed by atoms with van der Waals surface area (Å²) in [7, 11) is 0. The molecule has 0 saturated heterocycles. The van der Waals surface area contributed by atoms with E-state index in [2.05, 4.69) is 43.4 Å². The average molecular weight is 478 g/mol. The number of nitrogens with one attached hydrogen (secondary N) is 1. The molecule has 0 spiro atoms. The van der Waals surface area contributed by atoms with Crippen LogP contribution in [0.3, 0.4) is 0 Å². The highest BCUT2D eigenvalue weighted by atomic mass is 32.2. The molecule has 0 aliphatic rings. The molecule has 0 unspecified atom stereocenters. The number of carbonyl (C=O) groups excluding carboxylic acids is 1. The lowest BCUT2D eigenvalue weighted by Gasteiger charge is -2.22. The monoisotopic (exact) mass is 477 g/mol. The molecule has 0 aliphatic carbocycles. The summed E-state index contributed by atoms with van der Waals surface area (Å²) in [4.78, 5) is 28.8. The molecular formula is C27H31N3O3S. The molecule has 2 amide bonds. The number of nitrogens with two attached hydrogens (primary N) is 1. The number of primary amides is 1. The summed E-state index contributed by atoms with van der Waals surface area (Å²) < 4.78 is 0. The van der Waals surface area contributed by atoms with E-state index in [0.717, 1.165) is 50.5 Å². The number of hydrogen-bond donors (Lipinski definition) is 3. The van der Waals surface area contributed by atoms with Gasteiger partial charge in [-0.05, 0) is 61.1 Å². The van der Waals surface area contributed by atoms with Gasteiger partial charge in [0.25, 0.3) is 0 Å². The minimum Gasteiger partial charge on any atom is -0.465 e. The van der Waals surface area contributed by atoms with Crippen molar-refractivity contribution in [3.63, 3.8) is 0 Å². The largest absolute Gasteiger partial charge is 0.465 e. The van der Waals surface area contributed by atoms with Crippen LogP contribution in [0.4, 0.5) is 4.79 Å². The van der Waals surface area contributed by atoms with Crippen molar-refractivity contribution in [2.24, 2.45) is 11.7 Å². The van der Waals surface area contributed by atoms with Crippen LogP contribution >= 0.6 is 11.8 Å². The molecule has 0 atom stereocenters. The second kappa shape index (κ2) is 11.2. The van der Waals surface area contributed by atoms with E-state index in [-0.39, 0.29) is 6.54 Å². The number of hydrogen-bond acceptors (Lipinski definition) is 4. The maximum Gasteiger partial charge on any atom is 0.404 e. The van der Waals surface area contributed by atoms with Crippen LogP contribution in [0, 0.1) is 19.8 Å². The zero-order valence-corrected chi connectivity index (χ0v) is 20.8. The molecule has 4 N–H and O–H groups in total. The fraction of sp³-hybridized carbons (Fsp3) is 0.296. The molecule has 0 saturated carbocycles. The van der Waals surface area contributed by atoms with Gasteiger partial charge >= 0.3 is 6.09 Å². The van der Waals surface area contributed by atoms with Gasteiger partial charge in [0.2, 0.25) is 5.91 Å². The Labute approximate surface area is 205 Å². The number of rotatable bonds is 9. The Bertz CT molecular complexity index is 1190. The molecular weight excluding hydrogens is 446 g/mol. The Morgan fingerprint density at radius 2 is 1.79 bits per heavy atom. The lowest BCUT2D eigenvalue weighted by molar-refractivity contribution is 0.1000. The van der Waals surface area contributed by atoms with Crippen LogP contribution in [-0.4, -0.2) is 22.1 Å². The summed E-state index contributed by atoms with van der Waals surface area (Å²) >= 11 is 1.60. The predicted molar refractivity (Wildman–Crippen MR) is 137 cm³/mol. The number of benzene rings is 2. The third-order valence-electron chi connectivity index (χ3n) is 5.55. The molecule has 34 heavy (non-hydrogen) atoms. The van der Waals surface area contributed by atoms with Gasteiger partial charge in [-0.25, -0.2) is 4.79 Å². The molecule has 0 fully saturated rings. The Kier molecular flexibility index (Phi) is 8.34. The zero-order chi connectivity index (χ0) is 24.8. The number of thioether (sulfide) groups is 1. The average Bonchev–Trinajstić information content (AvgIpc) is 2.77. The molecule has 0 bridgehead atoms. The van der Waals surface area contributed by atoms with Crippen LogP contribution in [0.5, 0.6) is 0 Å². The predicted octanol–water partition coefficient (Wildman–Crippen LogP) is 5.72. The Morgan fingerprint density at radius 3 is 2.41 bits per heavy atom. The highest BCUT2D eigenvalue weighted by Crippen LogP contribution is 2.36. The Balaban J connectivity index is 2.13. The van der Waals surface area contributed by atoms with Crippen molar-refractivity contribution in [1.29, 1.82) is 0 Å². The van der Waals surface area contributed by atoms with Crippen LogP contribution in [0.2, 0.25) is 0 Å². The summed E-state index contributed by atoms with van der Waals surface area (Å²) in [6, 6.07) is 15.6. The SMILES string of the molecule is Cc1ccc(-c2c(CSc3cccc(C(N)=O)c3)c(C)nc(CC(C)C)c2CNC(=O)O)cc1. The van der Waals surface area contributed by atoms with E-state index in [0.29, 0.717) is 17.2 Å². The van der Waals surface area contributed by atoms with Crippen LogP contribution in [-0.2, 0) is 18.7 Å².